The van der Waals surface area contributed by atoms with E-state index in [4.69, 9.17) is 0 Å². The van der Waals surface area contributed by atoms with E-state index in [9.17, 15) is 39.6 Å². The molecule has 1 aliphatic heterocycles. The fourth-order valence-electron chi connectivity index (χ4n) is 3.43. The number of carbonyl (C=O) groups is 1. The first-order valence-corrected chi connectivity index (χ1v) is 11.2. The minimum absolute atomic E-state index is 0.0167. The molecule has 1 aliphatic rings. The van der Waals surface area contributed by atoms with Gasteiger partial charge in [-0.2, -0.15) is 30.6 Å². The Morgan fingerprint density at radius 3 is 2.09 bits per heavy atom. The van der Waals surface area contributed by atoms with E-state index in [0.717, 1.165) is 0 Å². The van der Waals surface area contributed by atoms with E-state index in [0.29, 0.717) is 25.0 Å². The van der Waals surface area contributed by atoms with Crippen molar-refractivity contribution in [2.45, 2.75) is 30.1 Å². The number of nitrogens with one attached hydrogen (secondary N) is 1. The minimum atomic E-state index is -5.05. The fourth-order valence-corrected chi connectivity index (χ4v) is 4.86. The molecule has 0 radical (unpaired) electrons. The average molecular weight is 495 g/mol. The Morgan fingerprint density at radius 1 is 1.03 bits per heavy atom. The number of hydrogen-bond acceptors (Lipinski definition) is 4. The number of halogens is 6. The molecule has 0 aliphatic carbocycles. The zero-order valence-corrected chi connectivity index (χ0v) is 17.8. The normalized spacial score (nSPS) is 16.5. The largest absolute Gasteiger partial charge is 0.416 e. The maximum atomic E-state index is 13.0. The monoisotopic (exact) mass is 495 g/mol. The standard InChI is InChI=1S/C20H19F6N3O3S/c21-19(22,23)15-8-14(9-16(10-15)20(24,25)26)18(30)28-11-13-3-6-29(7-4-13)33(31,32)17-2-1-5-27-12-17/h1-2,5,8-10,12-13H,3-4,6-7,11H2,(H,28,30). The van der Waals surface area contributed by atoms with Crippen molar-refractivity contribution in [1.29, 1.82) is 0 Å². The quantitative estimate of drug-likeness (QED) is 0.638. The zero-order valence-electron chi connectivity index (χ0n) is 16.9. The SMILES string of the molecule is O=C(NCC1CCN(S(=O)(=O)c2cccnc2)CC1)c1cc(C(F)(F)F)cc(C(F)(F)F)c1. The molecular formula is C20H19F6N3O3S. The van der Waals surface area contributed by atoms with E-state index in [1.807, 2.05) is 0 Å². The average Bonchev–Trinajstić information content (AvgIpc) is 2.77. The van der Waals surface area contributed by atoms with Gasteiger partial charge < -0.3 is 5.32 Å². The number of pyridine rings is 1. The van der Waals surface area contributed by atoms with Gasteiger partial charge in [0, 0.05) is 37.6 Å². The molecule has 180 valence electrons. The third kappa shape index (κ3) is 6.02. The van der Waals surface area contributed by atoms with Crippen LogP contribution in [-0.4, -0.2) is 43.2 Å². The lowest BCUT2D eigenvalue weighted by atomic mass is 9.98. The van der Waals surface area contributed by atoms with Crippen LogP contribution in [0.25, 0.3) is 0 Å². The lowest BCUT2D eigenvalue weighted by Crippen LogP contribution is -2.41. The van der Waals surface area contributed by atoms with Gasteiger partial charge in [-0.3, -0.25) is 9.78 Å². The summed E-state index contributed by atoms with van der Waals surface area (Å²) in [5.41, 5.74) is -3.90. The highest BCUT2D eigenvalue weighted by molar-refractivity contribution is 7.89. The predicted octanol–water partition coefficient (Wildman–Crippen LogP) is 3.95. The first-order valence-electron chi connectivity index (χ1n) is 9.76. The summed E-state index contributed by atoms with van der Waals surface area (Å²) in [6.07, 6.45) is -6.72. The van der Waals surface area contributed by atoms with E-state index < -0.39 is 45.0 Å². The molecule has 1 aromatic heterocycles. The Labute approximate surface area is 185 Å². The number of sulfonamides is 1. The summed E-state index contributed by atoms with van der Waals surface area (Å²) >= 11 is 0. The van der Waals surface area contributed by atoms with Crippen LogP contribution in [0.5, 0.6) is 0 Å². The molecule has 3 rings (SSSR count). The second kappa shape index (κ2) is 9.29. The van der Waals surface area contributed by atoms with Crippen LogP contribution < -0.4 is 5.32 Å². The van der Waals surface area contributed by atoms with Crippen LogP contribution in [0.3, 0.4) is 0 Å². The highest BCUT2D eigenvalue weighted by atomic mass is 32.2. The summed E-state index contributed by atoms with van der Waals surface area (Å²) in [6, 6.07) is 3.60. The summed E-state index contributed by atoms with van der Waals surface area (Å²) in [4.78, 5) is 16.1. The Morgan fingerprint density at radius 2 is 1.61 bits per heavy atom. The van der Waals surface area contributed by atoms with Crippen molar-refractivity contribution in [3.8, 4) is 0 Å². The number of alkyl halides is 6. The summed E-state index contributed by atoms with van der Waals surface area (Å²) < 4.78 is 104. The van der Waals surface area contributed by atoms with Crippen molar-refractivity contribution in [1.82, 2.24) is 14.6 Å². The van der Waals surface area contributed by atoms with Gasteiger partial charge in [-0.15, -0.1) is 0 Å². The van der Waals surface area contributed by atoms with Crippen LogP contribution in [0.1, 0.15) is 34.3 Å². The highest BCUT2D eigenvalue weighted by Crippen LogP contribution is 2.36. The van der Waals surface area contributed by atoms with Gasteiger partial charge in [0.2, 0.25) is 10.0 Å². The molecule has 2 aromatic rings. The van der Waals surface area contributed by atoms with Gasteiger partial charge in [-0.1, -0.05) is 0 Å². The van der Waals surface area contributed by atoms with Crippen LogP contribution >= 0.6 is 0 Å². The molecule has 33 heavy (non-hydrogen) atoms. The number of hydrogen-bond donors (Lipinski definition) is 1. The number of nitrogens with zero attached hydrogens (tertiary/aromatic N) is 2. The van der Waals surface area contributed by atoms with E-state index in [1.165, 1.54) is 28.8 Å². The second-order valence-electron chi connectivity index (χ2n) is 7.54. The fraction of sp³-hybridized carbons (Fsp3) is 0.400. The third-order valence-electron chi connectivity index (χ3n) is 5.25. The number of piperidine rings is 1. The molecule has 6 nitrogen and oxygen atoms in total. The molecule has 1 saturated heterocycles. The van der Waals surface area contributed by atoms with Crippen LogP contribution in [0.2, 0.25) is 0 Å². The molecule has 0 bridgehead atoms. The van der Waals surface area contributed by atoms with E-state index in [-0.39, 0.29) is 36.5 Å². The number of aromatic nitrogens is 1. The number of carbonyl (C=O) groups excluding carboxylic acids is 1. The number of amides is 1. The van der Waals surface area contributed by atoms with Crippen molar-refractivity contribution in [3.05, 3.63) is 59.4 Å². The molecule has 1 N–H and O–H groups in total. The molecule has 2 heterocycles. The van der Waals surface area contributed by atoms with Crippen molar-refractivity contribution in [3.63, 3.8) is 0 Å². The molecular weight excluding hydrogens is 476 g/mol. The highest BCUT2D eigenvalue weighted by Gasteiger charge is 2.37. The minimum Gasteiger partial charge on any atom is -0.352 e. The van der Waals surface area contributed by atoms with Crippen molar-refractivity contribution in [2.75, 3.05) is 19.6 Å². The number of benzene rings is 1. The van der Waals surface area contributed by atoms with E-state index in [2.05, 4.69) is 10.3 Å². The van der Waals surface area contributed by atoms with Crippen molar-refractivity contribution in [2.24, 2.45) is 5.92 Å². The van der Waals surface area contributed by atoms with E-state index in [1.54, 1.807) is 0 Å². The Kier molecular flexibility index (Phi) is 7.03. The van der Waals surface area contributed by atoms with Crippen LogP contribution in [0, 0.1) is 5.92 Å². The third-order valence-corrected chi connectivity index (χ3v) is 7.13. The topological polar surface area (TPSA) is 79.4 Å². The molecule has 13 heteroatoms. The number of rotatable bonds is 5. The maximum Gasteiger partial charge on any atom is 0.416 e. The lowest BCUT2D eigenvalue weighted by Gasteiger charge is -2.31. The molecule has 0 atom stereocenters. The summed E-state index contributed by atoms with van der Waals surface area (Å²) in [5.74, 6) is -1.26. The lowest BCUT2D eigenvalue weighted by molar-refractivity contribution is -0.143. The molecule has 1 fully saturated rings. The smallest absolute Gasteiger partial charge is 0.352 e. The second-order valence-corrected chi connectivity index (χ2v) is 9.48. The predicted molar refractivity (Wildman–Crippen MR) is 104 cm³/mol. The van der Waals surface area contributed by atoms with E-state index >= 15 is 0 Å². The Balaban J connectivity index is 1.63. The van der Waals surface area contributed by atoms with Crippen molar-refractivity contribution >= 4 is 15.9 Å². The Bertz CT molecular complexity index is 1060. The van der Waals surface area contributed by atoms with Gasteiger partial charge in [-0.05, 0) is 49.1 Å². The van der Waals surface area contributed by atoms with Gasteiger partial charge in [0.15, 0.2) is 0 Å². The maximum absolute atomic E-state index is 13.0. The van der Waals surface area contributed by atoms with Gasteiger partial charge in [0.25, 0.3) is 5.91 Å². The molecule has 0 saturated carbocycles. The van der Waals surface area contributed by atoms with Gasteiger partial charge in [-0.25, -0.2) is 8.42 Å². The van der Waals surface area contributed by atoms with Gasteiger partial charge in [0.05, 0.1) is 11.1 Å². The molecule has 0 unspecified atom stereocenters. The zero-order chi connectivity index (χ0) is 24.4. The Hall–Kier alpha value is -2.67. The van der Waals surface area contributed by atoms with Gasteiger partial charge >= 0.3 is 12.4 Å². The van der Waals surface area contributed by atoms with Crippen molar-refractivity contribution < 1.29 is 39.6 Å². The van der Waals surface area contributed by atoms with Gasteiger partial charge in [0.1, 0.15) is 4.90 Å². The summed E-state index contributed by atoms with van der Waals surface area (Å²) in [7, 11) is -3.73. The van der Waals surface area contributed by atoms with Crippen LogP contribution in [0.4, 0.5) is 26.3 Å². The molecule has 1 amide bonds. The van der Waals surface area contributed by atoms with Crippen LogP contribution in [0.15, 0.2) is 47.6 Å². The summed E-state index contributed by atoms with van der Waals surface area (Å²) in [6.45, 7) is 0.288. The molecule has 0 spiro atoms. The van der Waals surface area contributed by atoms with Crippen LogP contribution in [-0.2, 0) is 22.4 Å². The first kappa shape index (κ1) is 25.0. The summed E-state index contributed by atoms with van der Waals surface area (Å²) in [5, 5.41) is 2.36. The first-order chi connectivity index (χ1) is 15.3. The molecule has 1 aromatic carbocycles.